The van der Waals surface area contributed by atoms with Crippen molar-refractivity contribution in [2.24, 2.45) is 0 Å². The summed E-state index contributed by atoms with van der Waals surface area (Å²) >= 11 is 12.0. The molecule has 3 aromatic rings. The minimum absolute atomic E-state index is 0.560. The summed E-state index contributed by atoms with van der Waals surface area (Å²) in [5.41, 5.74) is 1.56. The van der Waals surface area contributed by atoms with E-state index in [1.54, 1.807) is 25.3 Å². The fourth-order valence-electron chi connectivity index (χ4n) is 2.03. The quantitative estimate of drug-likeness (QED) is 0.760. The van der Waals surface area contributed by atoms with Gasteiger partial charge in [0, 0.05) is 27.2 Å². The van der Waals surface area contributed by atoms with E-state index in [-0.39, 0.29) is 0 Å². The van der Waals surface area contributed by atoms with Gasteiger partial charge in [-0.25, -0.2) is 9.97 Å². The molecule has 0 fully saturated rings. The summed E-state index contributed by atoms with van der Waals surface area (Å²) in [5, 5.41) is 5.21. The molecule has 0 spiro atoms. The third kappa shape index (κ3) is 3.01. The highest BCUT2D eigenvalue weighted by molar-refractivity contribution is 6.35. The van der Waals surface area contributed by atoms with Gasteiger partial charge in [-0.3, -0.25) is 0 Å². The topological polar surface area (TPSA) is 47.0 Å². The molecule has 0 radical (unpaired) electrons. The second kappa shape index (κ2) is 5.76. The van der Waals surface area contributed by atoms with Crippen molar-refractivity contribution in [2.75, 3.05) is 12.4 Å². The Bertz CT molecular complexity index is 788. The van der Waals surface area contributed by atoms with Gasteiger partial charge < -0.3 is 10.1 Å². The molecule has 0 aliphatic heterocycles. The highest BCUT2D eigenvalue weighted by Gasteiger charge is 2.06. The Balaban J connectivity index is 2.04. The number of halogens is 2. The number of methoxy groups -OCH3 is 1. The first kappa shape index (κ1) is 13.9. The van der Waals surface area contributed by atoms with Gasteiger partial charge in [-0.15, -0.1) is 0 Å². The van der Waals surface area contributed by atoms with E-state index in [2.05, 4.69) is 15.3 Å². The fraction of sp³-hybridized carbons (Fsp3) is 0.0667. The van der Waals surface area contributed by atoms with Gasteiger partial charge in [-0.05, 0) is 30.3 Å². The summed E-state index contributed by atoms with van der Waals surface area (Å²) in [6, 6.07) is 10.9. The predicted molar refractivity (Wildman–Crippen MR) is 85.8 cm³/mol. The highest BCUT2D eigenvalue weighted by atomic mass is 35.5. The van der Waals surface area contributed by atoms with Gasteiger partial charge in [0.25, 0.3) is 0 Å². The lowest BCUT2D eigenvalue weighted by Gasteiger charge is -2.10. The zero-order chi connectivity index (χ0) is 14.8. The molecule has 0 saturated carbocycles. The predicted octanol–water partition coefficient (Wildman–Crippen LogP) is 4.69. The summed E-state index contributed by atoms with van der Waals surface area (Å²) in [5.74, 6) is 1.43. The molecule has 0 saturated heterocycles. The summed E-state index contributed by atoms with van der Waals surface area (Å²) in [4.78, 5) is 8.51. The first-order chi connectivity index (χ1) is 10.2. The third-order valence-corrected chi connectivity index (χ3v) is 3.41. The molecule has 21 heavy (non-hydrogen) atoms. The van der Waals surface area contributed by atoms with E-state index in [4.69, 9.17) is 27.9 Å². The summed E-state index contributed by atoms with van der Waals surface area (Å²) < 4.78 is 5.20. The van der Waals surface area contributed by atoms with Crippen LogP contribution in [-0.2, 0) is 0 Å². The molecule has 3 rings (SSSR count). The smallest absolute Gasteiger partial charge is 0.141 e. The van der Waals surface area contributed by atoms with Crippen LogP contribution in [0.15, 0.2) is 42.7 Å². The van der Waals surface area contributed by atoms with Crippen LogP contribution in [0.5, 0.6) is 5.75 Å². The lowest BCUT2D eigenvalue weighted by atomic mass is 10.2. The molecule has 0 amide bonds. The van der Waals surface area contributed by atoms with Crippen LogP contribution in [0, 0.1) is 0 Å². The van der Waals surface area contributed by atoms with E-state index >= 15 is 0 Å². The number of nitrogens with one attached hydrogen (secondary N) is 1. The van der Waals surface area contributed by atoms with Crippen LogP contribution in [0.3, 0.4) is 0 Å². The maximum Gasteiger partial charge on any atom is 0.141 e. The van der Waals surface area contributed by atoms with Crippen LogP contribution in [0.4, 0.5) is 11.5 Å². The summed E-state index contributed by atoms with van der Waals surface area (Å²) in [6.07, 6.45) is 1.50. The second-order valence-corrected chi connectivity index (χ2v) is 5.26. The van der Waals surface area contributed by atoms with Gasteiger partial charge >= 0.3 is 0 Å². The van der Waals surface area contributed by atoms with E-state index in [9.17, 15) is 0 Å². The van der Waals surface area contributed by atoms with Crippen LogP contribution < -0.4 is 10.1 Å². The van der Waals surface area contributed by atoms with Gasteiger partial charge in [0.15, 0.2) is 0 Å². The van der Waals surface area contributed by atoms with Crippen LogP contribution in [-0.4, -0.2) is 17.1 Å². The number of hydrogen-bond donors (Lipinski definition) is 1. The number of benzene rings is 2. The van der Waals surface area contributed by atoms with Gasteiger partial charge in [0.1, 0.15) is 17.9 Å². The Labute approximate surface area is 131 Å². The Hall–Kier alpha value is -2.04. The molecule has 0 aliphatic rings. The normalized spacial score (nSPS) is 10.6. The van der Waals surface area contributed by atoms with E-state index in [1.165, 1.54) is 6.33 Å². The van der Waals surface area contributed by atoms with Crippen LogP contribution in [0.2, 0.25) is 10.0 Å². The fourth-order valence-corrected chi connectivity index (χ4v) is 2.55. The van der Waals surface area contributed by atoms with Crippen molar-refractivity contribution < 1.29 is 4.74 Å². The molecule has 2 aromatic carbocycles. The minimum atomic E-state index is 0.560. The van der Waals surface area contributed by atoms with E-state index < -0.39 is 0 Å². The lowest BCUT2D eigenvalue weighted by Crippen LogP contribution is -1.96. The molecular formula is C15H11Cl2N3O. The summed E-state index contributed by atoms with van der Waals surface area (Å²) in [7, 11) is 1.62. The SMILES string of the molecule is COc1ccc2c(Nc3cc(Cl)cc(Cl)c3)ncnc2c1. The highest BCUT2D eigenvalue weighted by Crippen LogP contribution is 2.28. The van der Waals surface area contributed by atoms with Gasteiger partial charge in [-0.1, -0.05) is 23.2 Å². The van der Waals surface area contributed by atoms with Crippen molar-refractivity contribution in [3.8, 4) is 5.75 Å². The Morgan fingerprint density at radius 1 is 1.00 bits per heavy atom. The van der Waals surface area contributed by atoms with Gasteiger partial charge in [-0.2, -0.15) is 0 Å². The number of ether oxygens (including phenoxy) is 1. The first-order valence-electron chi connectivity index (χ1n) is 6.17. The van der Waals surface area contributed by atoms with Crippen LogP contribution >= 0.6 is 23.2 Å². The maximum absolute atomic E-state index is 6.00. The zero-order valence-corrected chi connectivity index (χ0v) is 12.6. The third-order valence-electron chi connectivity index (χ3n) is 2.97. The van der Waals surface area contributed by atoms with E-state index in [0.717, 1.165) is 22.3 Å². The maximum atomic E-state index is 6.00. The van der Waals surface area contributed by atoms with Gasteiger partial charge in [0.2, 0.25) is 0 Å². The lowest BCUT2D eigenvalue weighted by molar-refractivity contribution is 0.415. The summed E-state index contributed by atoms with van der Waals surface area (Å²) in [6.45, 7) is 0. The number of fused-ring (bicyclic) bond motifs is 1. The number of rotatable bonds is 3. The van der Waals surface area contributed by atoms with Crippen molar-refractivity contribution in [1.82, 2.24) is 9.97 Å². The van der Waals surface area contributed by atoms with Crippen molar-refractivity contribution in [1.29, 1.82) is 0 Å². The second-order valence-electron chi connectivity index (χ2n) is 4.39. The zero-order valence-electron chi connectivity index (χ0n) is 11.1. The molecule has 1 heterocycles. The molecule has 0 atom stereocenters. The molecule has 4 nitrogen and oxygen atoms in total. The molecule has 0 unspecified atom stereocenters. The van der Waals surface area contributed by atoms with Crippen LogP contribution in [0.1, 0.15) is 0 Å². The van der Waals surface area contributed by atoms with Crippen molar-refractivity contribution in [3.63, 3.8) is 0 Å². The standard InChI is InChI=1S/C15H11Cl2N3O/c1-21-12-2-3-13-14(7-12)18-8-19-15(13)20-11-5-9(16)4-10(17)6-11/h2-8H,1H3,(H,18,19,20). The van der Waals surface area contributed by atoms with E-state index in [1.807, 2.05) is 18.2 Å². The van der Waals surface area contributed by atoms with Crippen molar-refractivity contribution in [3.05, 3.63) is 52.8 Å². The average Bonchev–Trinajstić information content (AvgIpc) is 2.46. The molecule has 0 bridgehead atoms. The van der Waals surface area contributed by atoms with Crippen LogP contribution in [0.25, 0.3) is 10.9 Å². The van der Waals surface area contributed by atoms with Gasteiger partial charge in [0.05, 0.1) is 12.6 Å². The monoisotopic (exact) mass is 319 g/mol. The minimum Gasteiger partial charge on any atom is -0.497 e. The Kier molecular flexibility index (Phi) is 3.82. The largest absolute Gasteiger partial charge is 0.497 e. The Morgan fingerprint density at radius 3 is 2.48 bits per heavy atom. The molecule has 0 aliphatic carbocycles. The molecule has 106 valence electrons. The average molecular weight is 320 g/mol. The molecule has 6 heteroatoms. The number of nitrogens with zero attached hydrogens (tertiary/aromatic N) is 2. The molecular weight excluding hydrogens is 309 g/mol. The van der Waals surface area contributed by atoms with Crippen molar-refractivity contribution >= 4 is 45.6 Å². The number of anilines is 2. The Morgan fingerprint density at radius 2 is 1.76 bits per heavy atom. The number of aromatic nitrogens is 2. The van der Waals surface area contributed by atoms with E-state index in [0.29, 0.717) is 15.9 Å². The van der Waals surface area contributed by atoms with Crippen molar-refractivity contribution in [2.45, 2.75) is 0 Å². The first-order valence-corrected chi connectivity index (χ1v) is 6.93. The molecule has 1 aromatic heterocycles. The number of hydrogen-bond acceptors (Lipinski definition) is 4. The molecule has 1 N–H and O–H groups in total.